The Labute approximate surface area is 214 Å². The Kier molecular flexibility index (Phi) is 10.1. The predicted molar refractivity (Wildman–Crippen MR) is 108 cm³/mol. The van der Waals surface area contributed by atoms with Crippen LogP contribution in [-0.2, 0) is 26.3 Å². The number of rotatable bonds is 4. The molecule has 4 aliphatic rings. The first-order chi connectivity index (χ1) is 13.8. The Morgan fingerprint density at radius 1 is 0.719 bits per heavy atom. The molecule has 2 unspecified atom stereocenters. The van der Waals surface area contributed by atoms with E-state index in [2.05, 4.69) is 20.0 Å². The molecule has 2 atom stereocenters. The molecule has 0 saturated carbocycles. The van der Waals surface area contributed by atoms with Crippen LogP contribution in [-0.4, -0.2) is 54.4 Å². The topological polar surface area (TPSA) is 80.8 Å². The van der Waals surface area contributed by atoms with Gasteiger partial charge in [-0.2, -0.15) is 0 Å². The Morgan fingerprint density at radius 2 is 1.16 bits per heavy atom. The van der Waals surface area contributed by atoms with Gasteiger partial charge in [-0.25, -0.2) is 15.0 Å². The zero-order chi connectivity index (χ0) is 19.1. The van der Waals surface area contributed by atoms with Crippen molar-refractivity contribution >= 4 is 23.1 Å². The van der Waals surface area contributed by atoms with Gasteiger partial charge in [0.2, 0.25) is 0 Å². The number of aromatic nitrogens is 1. The van der Waals surface area contributed by atoms with Crippen molar-refractivity contribution in [3.63, 3.8) is 0 Å². The summed E-state index contributed by atoms with van der Waals surface area (Å²) in [7, 11) is 3.27. The number of aliphatic imine (C=N–C) groups is 4. The molecule has 0 aromatic carbocycles. The minimum Gasteiger partial charge on any atom is -1.00 e. The van der Waals surface area contributed by atoms with Crippen molar-refractivity contribution in [3.8, 4) is 0 Å². The standard InChI is InChI=1S/C21H17N5O2.3ClH.Co/c1-27-16-10-4-6-12-18(16)25-20(23-12)14-8-3-9-15(22-14)21-24-13-7-5-11-17(28-2)19(13)26-21;;;;/h3-13H,1-2H3;3*1H;/q;;;;+3/p-3. The summed E-state index contributed by atoms with van der Waals surface area (Å²) < 4.78 is 10.8. The van der Waals surface area contributed by atoms with Crippen LogP contribution in [0, 0.1) is 0 Å². The summed E-state index contributed by atoms with van der Waals surface area (Å²) in [5, 5.41) is 0. The van der Waals surface area contributed by atoms with Gasteiger partial charge >= 0.3 is 16.8 Å². The van der Waals surface area contributed by atoms with Crippen molar-refractivity contribution < 1.29 is 63.5 Å². The van der Waals surface area contributed by atoms with Gasteiger partial charge in [0, 0.05) is 0 Å². The van der Waals surface area contributed by atoms with Crippen LogP contribution in [0.5, 0.6) is 0 Å². The minimum absolute atomic E-state index is 0. The van der Waals surface area contributed by atoms with Crippen LogP contribution in [0.1, 0.15) is 11.4 Å². The summed E-state index contributed by atoms with van der Waals surface area (Å²) in [6.07, 6.45) is 11.6. The second-order valence-corrected chi connectivity index (χ2v) is 6.44. The first kappa shape index (κ1) is 27.8. The molecule has 11 heteroatoms. The number of halogens is 3. The van der Waals surface area contributed by atoms with Gasteiger partial charge < -0.3 is 46.7 Å². The fourth-order valence-corrected chi connectivity index (χ4v) is 3.42. The number of allylic oxidation sites excluding steroid dienone is 4. The SMILES string of the molecule is COC1=CC=CC2N=C(c3cccc(C4=NC5C=CC=C(OC)C5=N4)n3)N=C12.[Cl-].[Cl-].[Cl-].[Co+3]. The van der Waals surface area contributed by atoms with Gasteiger partial charge in [-0.3, -0.25) is 9.98 Å². The molecule has 1 aromatic rings. The Morgan fingerprint density at radius 3 is 1.56 bits per heavy atom. The molecule has 0 fully saturated rings. The average Bonchev–Trinajstić information content (AvgIpc) is 3.37. The molecule has 1 aromatic heterocycles. The van der Waals surface area contributed by atoms with Gasteiger partial charge in [-0.1, -0.05) is 30.4 Å². The quantitative estimate of drug-likeness (QED) is 0.384. The van der Waals surface area contributed by atoms with E-state index in [0.29, 0.717) is 23.1 Å². The molecule has 2 aliphatic carbocycles. The Balaban J connectivity index is 0.00000128. The summed E-state index contributed by atoms with van der Waals surface area (Å²) >= 11 is 0. The molecule has 0 radical (unpaired) electrons. The molecule has 0 saturated heterocycles. The van der Waals surface area contributed by atoms with Crippen LogP contribution in [0.4, 0.5) is 0 Å². The summed E-state index contributed by atoms with van der Waals surface area (Å²) in [4.78, 5) is 23.3. The van der Waals surface area contributed by atoms with Gasteiger partial charge in [0.25, 0.3) is 0 Å². The van der Waals surface area contributed by atoms with Gasteiger partial charge in [-0.05, 0) is 24.3 Å². The third-order valence-electron chi connectivity index (χ3n) is 4.77. The van der Waals surface area contributed by atoms with Gasteiger partial charge in [-0.15, -0.1) is 0 Å². The zero-order valence-corrected chi connectivity index (χ0v) is 20.2. The third kappa shape index (κ3) is 4.89. The van der Waals surface area contributed by atoms with Crippen molar-refractivity contribution in [3.05, 3.63) is 77.6 Å². The molecule has 0 N–H and O–H groups in total. The van der Waals surface area contributed by atoms with Crippen LogP contribution < -0.4 is 37.2 Å². The van der Waals surface area contributed by atoms with Gasteiger partial charge in [0.05, 0.1) is 14.2 Å². The first-order valence-electron chi connectivity index (χ1n) is 8.93. The largest absolute Gasteiger partial charge is 3.00 e. The zero-order valence-electron chi connectivity index (χ0n) is 16.9. The van der Waals surface area contributed by atoms with E-state index < -0.39 is 0 Å². The van der Waals surface area contributed by atoms with E-state index in [9.17, 15) is 0 Å². The molecule has 32 heavy (non-hydrogen) atoms. The molecule has 0 spiro atoms. The molecule has 168 valence electrons. The fraction of sp³-hybridized carbons (Fsp3) is 0.190. The first-order valence-corrected chi connectivity index (χ1v) is 8.93. The number of pyridine rings is 1. The monoisotopic (exact) mass is 535 g/mol. The smallest absolute Gasteiger partial charge is 1.00 e. The molecular formula is C21H17Cl3CoN5O2. The van der Waals surface area contributed by atoms with E-state index in [1.165, 1.54) is 0 Å². The van der Waals surface area contributed by atoms with Crippen molar-refractivity contribution in [1.29, 1.82) is 0 Å². The summed E-state index contributed by atoms with van der Waals surface area (Å²) in [6, 6.07) is 5.43. The molecule has 0 bridgehead atoms. The number of fused-ring (bicyclic) bond motifs is 2. The summed E-state index contributed by atoms with van der Waals surface area (Å²) in [6.45, 7) is 0. The van der Waals surface area contributed by atoms with Crippen LogP contribution >= 0.6 is 0 Å². The third-order valence-corrected chi connectivity index (χ3v) is 4.77. The van der Waals surface area contributed by atoms with E-state index in [4.69, 9.17) is 14.5 Å². The fourth-order valence-electron chi connectivity index (χ4n) is 3.42. The Bertz CT molecular complexity index is 1040. The van der Waals surface area contributed by atoms with E-state index >= 15 is 0 Å². The maximum Gasteiger partial charge on any atom is 3.00 e. The second kappa shape index (κ2) is 11.6. The van der Waals surface area contributed by atoms with Crippen molar-refractivity contribution in [2.24, 2.45) is 20.0 Å². The molecule has 2 aliphatic heterocycles. The molecule has 5 rings (SSSR count). The summed E-state index contributed by atoms with van der Waals surface area (Å²) in [5.74, 6) is 2.61. The number of hydrogen-bond donors (Lipinski definition) is 0. The maximum atomic E-state index is 5.39. The van der Waals surface area contributed by atoms with Crippen molar-refractivity contribution in [1.82, 2.24) is 4.98 Å². The number of amidine groups is 2. The summed E-state index contributed by atoms with van der Waals surface area (Å²) in [5.41, 5.74) is 2.96. The average molecular weight is 537 g/mol. The molecule has 7 nitrogen and oxygen atoms in total. The maximum absolute atomic E-state index is 5.39. The number of hydrogen-bond acceptors (Lipinski definition) is 7. The number of methoxy groups -OCH3 is 2. The molecule has 3 heterocycles. The van der Waals surface area contributed by atoms with Crippen LogP contribution in [0.3, 0.4) is 0 Å². The van der Waals surface area contributed by atoms with Crippen LogP contribution in [0.15, 0.2) is 86.1 Å². The van der Waals surface area contributed by atoms with Crippen LogP contribution in [0.2, 0.25) is 0 Å². The minimum atomic E-state index is -0.133. The van der Waals surface area contributed by atoms with Crippen molar-refractivity contribution in [2.75, 3.05) is 14.2 Å². The predicted octanol–water partition coefficient (Wildman–Crippen LogP) is -6.57. The molecular weight excluding hydrogens is 520 g/mol. The number of nitrogens with zero attached hydrogens (tertiary/aromatic N) is 5. The van der Waals surface area contributed by atoms with Crippen LogP contribution in [0.25, 0.3) is 0 Å². The van der Waals surface area contributed by atoms with E-state index in [-0.39, 0.29) is 66.1 Å². The van der Waals surface area contributed by atoms with Gasteiger partial charge in [0.1, 0.15) is 46.4 Å². The second-order valence-electron chi connectivity index (χ2n) is 6.44. The molecule has 0 amide bonds. The van der Waals surface area contributed by atoms with E-state index in [0.717, 1.165) is 22.9 Å². The normalized spacial score (nSPS) is 21.3. The van der Waals surface area contributed by atoms with Crippen molar-refractivity contribution in [2.45, 2.75) is 12.1 Å². The van der Waals surface area contributed by atoms with E-state index in [1.54, 1.807) is 14.2 Å². The number of ether oxygens (including phenoxy) is 2. The van der Waals surface area contributed by atoms with E-state index in [1.807, 2.05) is 54.7 Å². The van der Waals surface area contributed by atoms with Gasteiger partial charge in [0.15, 0.2) is 11.7 Å². The Hall–Kier alpha value is -2.23.